The molecule has 0 unspecified atom stereocenters. The fraction of sp³-hybridized carbons (Fsp3) is 0.583. The van der Waals surface area contributed by atoms with Crippen LogP contribution in [0.25, 0.3) is 0 Å². The Balaban J connectivity index is 2.72. The van der Waals surface area contributed by atoms with Crippen LogP contribution in [0, 0.1) is 13.8 Å². The van der Waals surface area contributed by atoms with Crippen LogP contribution in [-0.4, -0.2) is 18.2 Å². The van der Waals surface area contributed by atoms with Gasteiger partial charge < -0.3 is 0 Å². The van der Waals surface area contributed by atoms with E-state index in [2.05, 4.69) is 11.7 Å². The van der Waals surface area contributed by atoms with Crippen LogP contribution >= 0.6 is 10.7 Å². The van der Waals surface area contributed by atoms with Crippen LogP contribution in [0.3, 0.4) is 0 Å². The molecule has 0 N–H and O–H groups in total. The Hall–Kier alpha value is -0.810. The molecule has 0 atom stereocenters. The lowest BCUT2D eigenvalue weighted by Gasteiger charge is -2.04. The Morgan fingerprint density at radius 2 is 2.00 bits per heavy atom. The van der Waals surface area contributed by atoms with Crippen molar-refractivity contribution >= 4 is 19.7 Å². The van der Waals surface area contributed by atoms with E-state index in [0.29, 0.717) is 11.4 Å². The predicted octanol–water partition coefficient (Wildman–Crippen LogP) is 3.17. The van der Waals surface area contributed by atoms with E-state index in [0.717, 1.165) is 32.2 Å². The van der Waals surface area contributed by atoms with E-state index in [1.807, 2.05) is 6.08 Å². The number of aryl methyl sites for hydroxylation is 2. The van der Waals surface area contributed by atoms with E-state index in [9.17, 15) is 8.42 Å². The minimum absolute atomic E-state index is 0.148. The fourth-order valence-corrected chi connectivity index (χ4v) is 3.50. The van der Waals surface area contributed by atoms with E-state index < -0.39 is 9.05 Å². The van der Waals surface area contributed by atoms with Crippen molar-refractivity contribution < 1.29 is 8.42 Å². The van der Waals surface area contributed by atoms with Gasteiger partial charge in [-0.3, -0.25) is 4.68 Å². The molecule has 0 aliphatic rings. The van der Waals surface area contributed by atoms with Crippen molar-refractivity contribution in [3.63, 3.8) is 0 Å². The molecule has 0 aliphatic heterocycles. The van der Waals surface area contributed by atoms with Gasteiger partial charge in [0.05, 0.1) is 11.4 Å². The number of rotatable bonds is 7. The Morgan fingerprint density at radius 3 is 2.50 bits per heavy atom. The molecule has 0 aromatic carbocycles. The molecule has 0 saturated carbocycles. The van der Waals surface area contributed by atoms with Crippen molar-refractivity contribution in [2.24, 2.45) is 0 Å². The number of nitrogens with zero attached hydrogens (tertiary/aromatic N) is 2. The van der Waals surface area contributed by atoms with Crippen molar-refractivity contribution in [2.75, 3.05) is 0 Å². The van der Waals surface area contributed by atoms with Gasteiger partial charge in [-0.15, -0.1) is 6.58 Å². The Labute approximate surface area is 113 Å². The highest BCUT2D eigenvalue weighted by molar-refractivity contribution is 8.13. The third-order valence-electron chi connectivity index (χ3n) is 2.84. The zero-order valence-electron chi connectivity index (χ0n) is 10.8. The van der Waals surface area contributed by atoms with Gasteiger partial charge in [-0.2, -0.15) is 5.10 Å². The maximum atomic E-state index is 11.4. The lowest BCUT2D eigenvalue weighted by Crippen LogP contribution is -2.03. The van der Waals surface area contributed by atoms with E-state index >= 15 is 0 Å². The molecule has 1 aromatic heterocycles. The summed E-state index contributed by atoms with van der Waals surface area (Å²) >= 11 is 0. The summed E-state index contributed by atoms with van der Waals surface area (Å²) in [6.45, 7) is 7.79. The number of halogens is 1. The van der Waals surface area contributed by atoms with Crippen molar-refractivity contribution in [2.45, 2.75) is 51.0 Å². The number of hydrogen-bond acceptors (Lipinski definition) is 3. The summed E-state index contributed by atoms with van der Waals surface area (Å²) < 4.78 is 24.5. The maximum Gasteiger partial charge on any atom is 0.264 e. The molecule has 4 nitrogen and oxygen atoms in total. The molecule has 0 saturated heterocycles. The summed E-state index contributed by atoms with van der Waals surface area (Å²) in [5.41, 5.74) is 1.08. The Morgan fingerprint density at radius 1 is 1.33 bits per heavy atom. The first-order valence-corrected chi connectivity index (χ1v) is 8.28. The zero-order chi connectivity index (χ0) is 13.8. The largest absolute Gasteiger partial charge is 0.268 e. The van der Waals surface area contributed by atoms with Crippen molar-refractivity contribution in [3.05, 3.63) is 24.0 Å². The molecule has 0 bridgehead atoms. The summed E-state index contributed by atoms with van der Waals surface area (Å²) in [5.74, 6) is 0. The number of hydrogen-bond donors (Lipinski definition) is 0. The summed E-state index contributed by atoms with van der Waals surface area (Å²) in [7, 11) is 1.69. The first-order valence-electron chi connectivity index (χ1n) is 5.97. The molecule has 6 heteroatoms. The van der Waals surface area contributed by atoms with Gasteiger partial charge in [-0.25, -0.2) is 8.42 Å². The third kappa shape index (κ3) is 3.85. The van der Waals surface area contributed by atoms with Crippen LogP contribution in [0.15, 0.2) is 17.6 Å². The first kappa shape index (κ1) is 15.2. The van der Waals surface area contributed by atoms with Gasteiger partial charge in [0.2, 0.25) is 0 Å². The quantitative estimate of drug-likeness (QED) is 0.440. The van der Waals surface area contributed by atoms with Gasteiger partial charge in [-0.1, -0.05) is 12.5 Å². The number of unbranched alkanes of at least 4 members (excludes halogenated alkanes) is 3. The molecular formula is C12H19ClN2O2S. The molecule has 1 heterocycles. The second-order valence-electron chi connectivity index (χ2n) is 4.30. The summed E-state index contributed by atoms with van der Waals surface area (Å²) in [6, 6.07) is 0. The van der Waals surface area contributed by atoms with E-state index in [4.69, 9.17) is 10.7 Å². The molecule has 102 valence electrons. The zero-order valence-corrected chi connectivity index (χ0v) is 12.4. The second-order valence-corrected chi connectivity index (χ2v) is 6.80. The summed E-state index contributed by atoms with van der Waals surface area (Å²) in [4.78, 5) is 0.148. The average molecular weight is 291 g/mol. The molecule has 0 fully saturated rings. The first-order chi connectivity index (χ1) is 8.38. The standard InChI is InChI=1S/C12H19ClN2O2S/c1-4-5-6-7-8-9-15-11(3)12(10(2)14-15)18(13,16)17/h4H,1,5-9H2,2-3H3. The topological polar surface area (TPSA) is 52.0 Å². The lowest BCUT2D eigenvalue weighted by molar-refractivity contribution is 0.532. The van der Waals surface area contributed by atoms with Gasteiger partial charge in [-0.05, 0) is 33.1 Å². The van der Waals surface area contributed by atoms with E-state index in [1.54, 1.807) is 18.5 Å². The van der Waals surface area contributed by atoms with Crippen LogP contribution in [-0.2, 0) is 15.6 Å². The Kier molecular flexibility index (Phi) is 5.41. The maximum absolute atomic E-state index is 11.4. The fourth-order valence-electron chi connectivity index (χ4n) is 1.98. The minimum Gasteiger partial charge on any atom is -0.268 e. The highest BCUT2D eigenvalue weighted by Crippen LogP contribution is 2.23. The van der Waals surface area contributed by atoms with Gasteiger partial charge in [0.15, 0.2) is 0 Å². The van der Waals surface area contributed by atoms with Crippen LogP contribution in [0.1, 0.15) is 37.1 Å². The predicted molar refractivity (Wildman–Crippen MR) is 73.4 cm³/mol. The SMILES string of the molecule is C=CCCCCCn1nc(C)c(S(=O)(=O)Cl)c1C. The van der Waals surface area contributed by atoms with Gasteiger partial charge in [0.1, 0.15) is 4.90 Å². The van der Waals surface area contributed by atoms with E-state index in [-0.39, 0.29) is 4.90 Å². The van der Waals surface area contributed by atoms with Crippen molar-refractivity contribution in [3.8, 4) is 0 Å². The molecule has 1 aromatic rings. The third-order valence-corrected chi connectivity index (χ3v) is 4.38. The molecule has 1 rings (SSSR count). The van der Waals surface area contributed by atoms with Crippen LogP contribution in [0.4, 0.5) is 0 Å². The van der Waals surface area contributed by atoms with Crippen LogP contribution < -0.4 is 0 Å². The highest BCUT2D eigenvalue weighted by Gasteiger charge is 2.21. The van der Waals surface area contributed by atoms with Crippen LogP contribution in [0.2, 0.25) is 0 Å². The Bertz CT molecular complexity index is 520. The number of allylic oxidation sites excluding steroid dienone is 1. The van der Waals surface area contributed by atoms with E-state index in [1.165, 1.54) is 0 Å². The molecule has 0 amide bonds. The lowest BCUT2D eigenvalue weighted by atomic mass is 10.2. The molecule has 18 heavy (non-hydrogen) atoms. The molecule has 0 aliphatic carbocycles. The van der Waals surface area contributed by atoms with Crippen molar-refractivity contribution in [1.29, 1.82) is 0 Å². The van der Waals surface area contributed by atoms with Crippen LogP contribution in [0.5, 0.6) is 0 Å². The smallest absolute Gasteiger partial charge is 0.264 e. The monoisotopic (exact) mass is 290 g/mol. The second kappa shape index (κ2) is 6.38. The molecular weight excluding hydrogens is 272 g/mol. The summed E-state index contributed by atoms with van der Waals surface area (Å²) in [6.07, 6.45) is 6.06. The van der Waals surface area contributed by atoms with Gasteiger partial charge >= 0.3 is 0 Å². The summed E-state index contributed by atoms with van der Waals surface area (Å²) in [5, 5.41) is 4.23. The van der Waals surface area contributed by atoms with Crippen molar-refractivity contribution in [1.82, 2.24) is 9.78 Å². The normalized spacial score (nSPS) is 11.7. The molecule has 0 radical (unpaired) electrons. The van der Waals surface area contributed by atoms with Gasteiger partial charge in [0, 0.05) is 17.2 Å². The number of aromatic nitrogens is 2. The minimum atomic E-state index is -3.71. The highest BCUT2D eigenvalue weighted by atomic mass is 35.7. The van der Waals surface area contributed by atoms with Gasteiger partial charge in [0.25, 0.3) is 9.05 Å². The molecule has 0 spiro atoms. The average Bonchev–Trinajstić information content (AvgIpc) is 2.53.